The lowest BCUT2D eigenvalue weighted by Crippen LogP contribution is -2.46. The minimum Gasteiger partial charge on any atom is -0.390 e. The summed E-state index contributed by atoms with van der Waals surface area (Å²) in [5.74, 6) is 1.49. The Morgan fingerprint density at radius 2 is 1.92 bits per heavy atom. The molecule has 2 unspecified atom stereocenters. The van der Waals surface area contributed by atoms with E-state index in [1.54, 1.807) is 0 Å². The molecule has 0 aromatic rings. The second-order valence-electron chi connectivity index (χ2n) is 4.93. The summed E-state index contributed by atoms with van der Waals surface area (Å²) in [6, 6.07) is 0. The molecule has 0 heterocycles. The van der Waals surface area contributed by atoms with Gasteiger partial charge in [0.05, 0.1) is 5.60 Å². The van der Waals surface area contributed by atoms with Crippen LogP contribution in [0.5, 0.6) is 0 Å². The van der Waals surface area contributed by atoms with Gasteiger partial charge >= 0.3 is 0 Å². The second-order valence-corrected chi connectivity index (χ2v) is 4.93. The largest absolute Gasteiger partial charge is 0.390 e. The topological polar surface area (TPSA) is 20.2 Å². The van der Waals surface area contributed by atoms with Crippen molar-refractivity contribution >= 4 is 0 Å². The van der Waals surface area contributed by atoms with Crippen molar-refractivity contribution in [2.75, 3.05) is 0 Å². The Hall–Kier alpha value is -0.0400. The van der Waals surface area contributed by atoms with Crippen molar-refractivity contribution in [3.05, 3.63) is 0 Å². The average molecular weight is 168 g/mol. The highest BCUT2D eigenvalue weighted by Crippen LogP contribution is 2.45. The van der Waals surface area contributed by atoms with E-state index in [1.807, 2.05) is 0 Å². The molecule has 2 rings (SSSR count). The van der Waals surface area contributed by atoms with Crippen LogP contribution in [0.4, 0.5) is 0 Å². The molecule has 0 aliphatic heterocycles. The molecule has 0 radical (unpaired) electrons. The van der Waals surface area contributed by atoms with Gasteiger partial charge in [0, 0.05) is 0 Å². The first-order chi connectivity index (χ1) is 5.71. The molecule has 0 aromatic heterocycles. The van der Waals surface area contributed by atoms with Crippen LogP contribution < -0.4 is 0 Å². The maximum absolute atomic E-state index is 10.2. The van der Waals surface area contributed by atoms with Gasteiger partial charge in [-0.3, -0.25) is 0 Å². The Morgan fingerprint density at radius 3 is 2.42 bits per heavy atom. The molecular weight excluding hydrogens is 148 g/mol. The first-order valence-electron chi connectivity index (χ1n) is 5.43. The SMILES string of the molecule is CC1CCCC(C2(O)CCC2)C1. The van der Waals surface area contributed by atoms with Crippen molar-refractivity contribution in [1.29, 1.82) is 0 Å². The van der Waals surface area contributed by atoms with Crippen LogP contribution >= 0.6 is 0 Å². The van der Waals surface area contributed by atoms with Gasteiger partial charge in [-0.2, -0.15) is 0 Å². The van der Waals surface area contributed by atoms with Gasteiger partial charge in [0.2, 0.25) is 0 Å². The molecule has 0 spiro atoms. The minimum atomic E-state index is -0.227. The van der Waals surface area contributed by atoms with Crippen molar-refractivity contribution in [3.63, 3.8) is 0 Å². The van der Waals surface area contributed by atoms with E-state index in [0.717, 1.165) is 18.8 Å². The smallest absolute Gasteiger partial charge is 0.0676 e. The van der Waals surface area contributed by atoms with Crippen molar-refractivity contribution < 1.29 is 5.11 Å². The maximum atomic E-state index is 10.2. The highest BCUT2D eigenvalue weighted by molar-refractivity contribution is 4.95. The van der Waals surface area contributed by atoms with Crippen molar-refractivity contribution in [2.45, 2.75) is 57.5 Å². The summed E-state index contributed by atoms with van der Waals surface area (Å²) in [6.07, 6.45) is 8.67. The van der Waals surface area contributed by atoms with Crippen LogP contribution in [-0.2, 0) is 0 Å². The Morgan fingerprint density at radius 1 is 1.17 bits per heavy atom. The van der Waals surface area contributed by atoms with E-state index in [1.165, 1.54) is 32.1 Å². The molecule has 2 aliphatic carbocycles. The van der Waals surface area contributed by atoms with E-state index in [2.05, 4.69) is 6.92 Å². The fourth-order valence-corrected chi connectivity index (χ4v) is 2.87. The van der Waals surface area contributed by atoms with E-state index in [4.69, 9.17) is 0 Å². The van der Waals surface area contributed by atoms with Gasteiger partial charge in [0.25, 0.3) is 0 Å². The van der Waals surface area contributed by atoms with Crippen molar-refractivity contribution in [2.24, 2.45) is 11.8 Å². The Labute approximate surface area is 75.2 Å². The summed E-state index contributed by atoms with van der Waals surface area (Å²) in [5.41, 5.74) is -0.227. The van der Waals surface area contributed by atoms with Crippen LogP contribution in [0, 0.1) is 11.8 Å². The van der Waals surface area contributed by atoms with E-state index in [-0.39, 0.29) is 5.60 Å². The third-order valence-electron chi connectivity index (χ3n) is 3.92. The fourth-order valence-electron chi connectivity index (χ4n) is 2.87. The zero-order chi connectivity index (χ0) is 8.60. The van der Waals surface area contributed by atoms with Gasteiger partial charge in [-0.05, 0) is 43.9 Å². The predicted molar refractivity (Wildman–Crippen MR) is 49.9 cm³/mol. The molecule has 1 nitrogen and oxygen atoms in total. The molecule has 0 amide bonds. The number of hydrogen-bond donors (Lipinski definition) is 1. The molecular formula is C11H20O. The number of aliphatic hydroxyl groups is 1. The maximum Gasteiger partial charge on any atom is 0.0676 e. The van der Waals surface area contributed by atoms with Crippen LogP contribution in [0.15, 0.2) is 0 Å². The Balaban J connectivity index is 1.94. The third-order valence-corrected chi connectivity index (χ3v) is 3.92. The molecule has 12 heavy (non-hydrogen) atoms. The quantitative estimate of drug-likeness (QED) is 0.638. The van der Waals surface area contributed by atoms with Crippen LogP contribution in [0.25, 0.3) is 0 Å². The van der Waals surface area contributed by atoms with Crippen molar-refractivity contribution in [1.82, 2.24) is 0 Å². The monoisotopic (exact) mass is 168 g/mol. The van der Waals surface area contributed by atoms with Crippen LogP contribution in [0.2, 0.25) is 0 Å². The lowest BCUT2D eigenvalue weighted by molar-refractivity contribution is -0.0987. The standard InChI is InChI=1S/C11H20O/c1-9-4-2-5-10(8-9)11(12)6-3-7-11/h9-10,12H,2-8H2,1H3. The van der Waals surface area contributed by atoms with E-state index in [0.29, 0.717) is 5.92 Å². The molecule has 2 fully saturated rings. The summed E-state index contributed by atoms with van der Waals surface area (Å²) in [4.78, 5) is 0. The molecule has 2 atom stereocenters. The lowest BCUT2D eigenvalue weighted by atomic mass is 9.64. The van der Waals surface area contributed by atoms with Gasteiger partial charge in [-0.1, -0.05) is 19.8 Å². The zero-order valence-corrected chi connectivity index (χ0v) is 8.05. The summed E-state index contributed by atoms with van der Waals surface area (Å²) < 4.78 is 0. The Kier molecular flexibility index (Phi) is 2.16. The van der Waals surface area contributed by atoms with E-state index in [9.17, 15) is 5.11 Å². The van der Waals surface area contributed by atoms with Gasteiger partial charge < -0.3 is 5.11 Å². The van der Waals surface area contributed by atoms with Crippen molar-refractivity contribution in [3.8, 4) is 0 Å². The molecule has 1 heteroatoms. The lowest BCUT2D eigenvalue weighted by Gasteiger charge is -2.46. The molecule has 2 saturated carbocycles. The van der Waals surface area contributed by atoms with Gasteiger partial charge in [0.1, 0.15) is 0 Å². The first kappa shape index (κ1) is 8.55. The molecule has 2 aliphatic rings. The molecule has 0 aromatic carbocycles. The average Bonchev–Trinajstić information content (AvgIpc) is 2.00. The fraction of sp³-hybridized carbons (Fsp3) is 1.00. The summed E-state index contributed by atoms with van der Waals surface area (Å²) >= 11 is 0. The van der Waals surface area contributed by atoms with Crippen LogP contribution in [0.1, 0.15) is 51.9 Å². The van der Waals surface area contributed by atoms with Gasteiger partial charge in [-0.15, -0.1) is 0 Å². The van der Waals surface area contributed by atoms with Crippen LogP contribution in [-0.4, -0.2) is 10.7 Å². The summed E-state index contributed by atoms with van der Waals surface area (Å²) in [7, 11) is 0. The summed E-state index contributed by atoms with van der Waals surface area (Å²) in [5, 5.41) is 10.2. The van der Waals surface area contributed by atoms with E-state index >= 15 is 0 Å². The minimum absolute atomic E-state index is 0.227. The highest BCUT2D eigenvalue weighted by atomic mass is 16.3. The Bertz CT molecular complexity index is 160. The zero-order valence-electron chi connectivity index (χ0n) is 8.05. The number of rotatable bonds is 1. The first-order valence-corrected chi connectivity index (χ1v) is 5.43. The van der Waals surface area contributed by atoms with Gasteiger partial charge in [-0.25, -0.2) is 0 Å². The van der Waals surface area contributed by atoms with E-state index < -0.39 is 0 Å². The van der Waals surface area contributed by atoms with Crippen LogP contribution in [0.3, 0.4) is 0 Å². The molecule has 0 saturated heterocycles. The molecule has 1 N–H and O–H groups in total. The molecule has 70 valence electrons. The normalized spacial score (nSPS) is 40.5. The second kappa shape index (κ2) is 3.02. The van der Waals surface area contributed by atoms with Gasteiger partial charge in [0.15, 0.2) is 0 Å². The highest BCUT2D eigenvalue weighted by Gasteiger charge is 2.43. The predicted octanol–water partition coefficient (Wildman–Crippen LogP) is 2.73. The number of hydrogen-bond acceptors (Lipinski definition) is 1. The third kappa shape index (κ3) is 1.39. The summed E-state index contributed by atoms with van der Waals surface area (Å²) in [6.45, 7) is 2.33. The molecule has 0 bridgehead atoms.